The first kappa shape index (κ1) is 27.5. The summed E-state index contributed by atoms with van der Waals surface area (Å²) < 4.78 is 11.1. The number of nitriles is 1. The number of nitrogens with one attached hydrogen (secondary N) is 1. The fraction of sp³-hybridized carbons (Fsp3) is 0.353. The smallest absolute Gasteiger partial charge is 0.414 e. The maximum atomic E-state index is 12.9. The van der Waals surface area contributed by atoms with Crippen LogP contribution in [0, 0.1) is 17.2 Å². The summed E-state index contributed by atoms with van der Waals surface area (Å²) in [6.45, 7) is 5.82. The van der Waals surface area contributed by atoms with Gasteiger partial charge < -0.3 is 14.5 Å². The van der Waals surface area contributed by atoms with Crippen molar-refractivity contribution in [2.24, 2.45) is 5.92 Å². The van der Waals surface area contributed by atoms with Crippen LogP contribution in [-0.4, -0.2) is 36.7 Å². The van der Waals surface area contributed by atoms with E-state index < -0.39 is 0 Å². The van der Waals surface area contributed by atoms with E-state index in [0.29, 0.717) is 59.6 Å². The minimum Gasteiger partial charge on any atom is -0.447 e. The number of aromatic nitrogens is 1. The van der Waals surface area contributed by atoms with Gasteiger partial charge in [0.05, 0.1) is 18.2 Å². The summed E-state index contributed by atoms with van der Waals surface area (Å²) in [4.78, 5) is 31.0. The van der Waals surface area contributed by atoms with Gasteiger partial charge in [-0.15, -0.1) is 0 Å². The molecule has 2 aliphatic rings. The van der Waals surface area contributed by atoms with E-state index in [2.05, 4.69) is 42.4 Å². The van der Waals surface area contributed by atoms with Crippen LogP contribution in [-0.2, 0) is 4.74 Å². The highest BCUT2D eigenvalue weighted by atomic mass is 16.6. The zero-order chi connectivity index (χ0) is 29.2. The van der Waals surface area contributed by atoms with E-state index in [0.717, 1.165) is 42.5 Å². The van der Waals surface area contributed by atoms with Crippen LogP contribution in [0.3, 0.4) is 0 Å². The number of benzene rings is 3. The molecule has 0 radical (unpaired) electrons. The number of fused-ring (bicyclic) bond motifs is 1. The number of carbonyl (C=O) groups excluding carboxylic acids is 2. The summed E-state index contributed by atoms with van der Waals surface area (Å²) in [5, 5.41) is 12.5. The van der Waals surface area contributed by atoms with Crippen LogP contribution in [0.15, 0.2) is 65.1 Å². The maximum Gasteiger partial charge on any atom is 0.414 e. The lowest BCUT2D eigenvalue weighted by molar-refractivity contribution is 0.0943. The number of oxazole rings is 1. The topological polar surface area (TPSA) is 108 Å². The predicted molar refractivity (Wildman–Crippen MR) is 160 cm³/mol. The number of hydrogen-bond acceptors (Lipinski definition) is 6. The summed E-state index contributed by atoms with van der Waals surface area (Å²) in [7, 11) is 0. The van der Waals surface area contributed by atoms with Crippen molar-refractivity contribution in [1.29, 1.82) is 5.26 Å². The van der Waals surface area contributed by atoms with E-state index in [-0.39, 0.29) is 17.9 Å². The van der Waals surface area contributed by atoms with Crippen LogP contribution in [0.25, 0.3) is 22.6 Å². The average molecular weight is 563 g/mol. The lowest BCUT2D eigenvalue weighted by atomic mass is 9.78. The zero-order valence-corrected chi connectivity index (χ0v) is 23.9. The molecule has 1 aromatic heterocycles. The Morgan fingerprint density at radius 1 is 1.07 bits per heavy atom. The summed E-state index contributed by atoms with van der Waals surface area (Å²) in [5.41, 5.74) is 6.44. The number of anilines is 1. The molecule has 4 aromatic rings. The SMILES string of the molecule is CC(C)c1cc(C#N)cc2nc(-c3ccc(C(=O)NCC4CCC(c5ccc(N6CCOC6=O)cc5)CC4)cc3)oc12. The first-order chi connectivity index (χ1) is 20.4. The van der Waals surface area contributed by atoms with Crippen molar-refractivity contribution < 1.29 is 18.7 Å². The van der Waals surface area contributed by atoms with Gasteiger partial charge in [-0.05, 0) is 97.5 Å². The van der Waals surface area contributed by atoms with Gasteiger partial charge in [-0.2, -0.15) is 5.26 Å². The molecule has 1 aliphatic carbocycles. The van der Waals surface area contributed by atoms with Crippen molar-refractivity contribution in [2.75, 3.05) is 24.6 Å². The molecule has 8 heteroatoms. The number of ether oxygens (including phenoxy) is 1. The van der Waals surface area contributed by atoms with E-state index >= 15 is 0 Å². The molecule has 0 unspecified atom stereocenters. The van der Waals surface area contributed by atoms with Gasteiger partial charge in [0.15, 0.2) is 5.58 Å². The number of amides is 2. The van der Waals surface area contributed by atoms with E-state index in [1.165, 1.54) is 5.56 Å². The normalized spacial score (nSPS) is 18.7. The highest BCUT2D eigenvalue weighted by molar-refractivity contribution is 5.94. The number of hydrogen-bond donors (Lipinski definition) is 1. The molecule has 214 valence electrons. The fourth-order valence-corrected chi connectivity index (χ4v) is 6.03. The van der Waals surface area contributed by atoms with Gasteiger partial charge in [-0.25, -0.2) is 9.78 Å². The van der Waals surface area contributed by atoms with Crippen LogP contribution in [0.2, 0.25) is 0 Å². The van der Waals surface area contributed by atoms with Crippen molar-refractivity contribution >= 4 is 28.8 Å². The van der Waals surface area contributed by atoms with Crippen LogP contribution in [0.4, 0.5) is 10.5 Å². The molecule has 1 saturated carbocycles. The van der Waals surface area contributed by atoms with Crippen molar-refractivity contribution in [3.8, 4) is 17.5 Å². The molecule has 0 spiro atoms. The van der Waals surface area contributed by atoms with Crippen LogP contribution >= 0.6 is 0 Å². The second-order valence-electron chi connectivity index (χ2n) is 11.6. The molecule has 2 amide bonds. The monoisotopic (exact) mass is 562 g/mol. The Balaban J connectivity index is 1.02. The molecule has 0 bridgehead atoms. The molecule has 42 heavy (non-hydrogen) atoms. The van der Waals surface area contributed by atoms with Crippen LogP contribution in [0.5, 0.6) is 0 Å². The Bertz CT molecular complexity index is 1640. The molecule has 0 atom stereocenters. The van der Waals surface area contributed by atoms with E-state index in [1.54, 1.807) is 23.1 Å². The zero-order valence-electron chi connectivity index (χ0n) is 23.9. The second kappa shape index (κ2) is 11.7. The summed E-state index contributed by atoms with van der Waals surface area (Å²) in [6, 6.07) is 21.4. The maximum absolute atomic E-state index is 12.9. The van der Waals surface area contributed by atoms with Crippen molar-refractivity contribution in [2.45, 2.75) is 51.4 Å². The van der Waals surface area contributed by atoms with Crippen LogP contribution < -0.4 is 10.2 Å². The van der Waals surface area contributed by atoms with Gasteiger partial charge in [0.2, 0.25) is 5.89 Å². The molecular weight excluding hydrogens is 528 g/mol. The highest BCUT2D eigenvalue weighted by Gasteiger charge is 2.26. The average Bonchev–Trinajstić information content (AvgIpc) is 3.66. The quantitative estimate of drug-likeness (QED) is 0.256. The minimum absolute atomic E-state index is 0.0852. The van der Waals surface area contributed by atoms with Crippen molar-refractivity contribution in [1.82, 2.24) is 10.3 Å². The van der Waals surface area contributed by atoms with E-state index in [9.17, 15) is 14.9 Å². The Kier molecular flexibility index (Phi) is 7.66. The number of nitrogens with zero attached hydrogens (tertiary/aromatic N) is 3. The van der Waals surface area contributed by atoms with Gasteiger partial charge in [0.1, 0.15) is 12.1 Å². The largest absolute Gasteiger partial charge is 0.447 e. The summed E-state index contributed by atoms with van der Waals surface area (Å²) >= 11 is 0. The standard InChI is InChI=1S/C34H34N4O4/c1-21(2)29-17-23(19-35)18-30-31(29)42-33(37-30)27-9-7-26(8-10-27)32(39)36-20-22-3-5-24(6-4-22)25-11-13-28(14-12-25)38-15-16-41-34(38)40/h7-14,17-18,21-22,24H,3-6,15-16,20H2,1-2H3,(H,36,39). The molecule has 3 aromatic carbocycles. The highest BCUT2D eigenvalue weighted by Crippen LogP contribution is 2.36. The first-order valence-electron chi connectivity index (χ1n) is 14.7. The van der Waals surface area contributed by atoms with Gasteiger partial charge in [0.25, 0.3) is 5.91 Å². The predicted octanol–water partition coefficient (Wildman–Crippen LogP) is 7.15. The molecule has 2 heterocycles. The second-order valence-corrected chi connectivity index (χ2v) is 11.6. The fourth-order valence-electron chi connectivity index (χ4n) is 6.03. The molecular formula is C34H34N4O4. The van der Waals surface area contributed by atoms with Crippen molar-refractivity contribution in [3.63, 3.8) is 0 Å². The van der Waals surface area contributed by atoms with E-state index in [4.69, 9.17) is 9.15 Å². The Hall–Kier alpha value is -4.64. The third-order valence-corrected chi connectivity index (χ3v) is 8.50. The lowest BCUT2D eigenvalue weighted by Gasteiger charge is -2.29. The third kappa shape index (κ3) is 5.60. The molecule has 2 fully saturated rings. The first-order valence-corrected chi connectivity index (χ1v) is 14.7. The number of cyclic esters (lactones) is 1. The Morgan fingerprint density at radius 2 is 1.81 bits per heavy atom. The molecule has 8 nitrogen and oxygen atoms in total. The number of carbonyl (C=O) groups is 2. The van der Waals surface area contributed by atoms with E-state index in [1.807, 2.05) is 30.3 Å². The van der Waals surface area contributed by atoms with Gasteiger partial charge >= 0.3 is 6.09 Å². The Labute approximate surface area is 245 Å². The third-order valence-electron chi connectivity index (χ3n) is 8.50. The van der Waals surface area contributed by atoms with Gasteiger partial charge in [-0.3, -0.25) is 9.69 Å². The molecule has 6 rings (SSSR count). The van der Waals surface area contributed by atoms with Crippen molar-refractivity contribution in [3.05, 3.63) is 82.9 Å². The molecule has 1 N–H and O–H groups in total. The molecule has 1 aliphatic heterocycles. The van der Waals surface area contributed by atoms with Gasteiger partial charge in [-0.1, -0.05) is 26.0 Å². The minimum atomic E-state index is -0.277. The number of rotatable bonds is 7. The summed E-state index contributed by atoms with van der Waals surface area (Å²) in [5.74, 6) is 1.53. The Morgan fingerprint density at radius 3 is 2.45 bits per heavy atom. The van der Waals surface area contributed by atoms with Crippen LogP contribution in [0.1, 0.15) is 78.4 Å². The summed E-state index contributed by atoms with van der Waals surface area (Å²) in [6.07, 6.45) is 4.01. The lowest BCUT2D eigenvalue weighted by Crippen LogP contribution is -2.31. The van der Waals surface area contributed by atoms with Gasteiger partial charge in [0, 0.05) is 28.9 Å². The molecule has 1 saturated heterocycles.